The maximum absolute atomic E-state index is 12.7. The fraction of sp³-hybridized carbons (Fsp3) is 0.400. The number of amides is 1. The van der Waals surface area contributed by atoms with Crippen LogP contribution in [0.2, 0.25) is 0 Å². The molecule has 2 heterocycles. The van der Waals surface area contributed by atoms with Crippen LogP contribution in [0.15, 0.2) is 48.7 Å². The molecule has 2 fully saturated rings. The molecule has 1 N–H and O–H groups in total. The lowest BCUT2D eigenvalue weighted by atomic mass is 9.60. The number of rotatable bonds is 4. The van der Waals surface area contributed by atoms with E-state index < -0.39 is 0 Å². The molecule has 2 aromatic rings. The van der Waals surface area contributed by atoms with Gasteiger partial charge in [-0.1, -0.05) is 12.1 Å². The molecule has 1 atom stereocenters. The molecule has 1 unspecified atom stereocenters. The highest BCUT2D eigenvalue weighted by molar-refractivity contribution is 5.94. The molecule has 1 aromatic heterocycles. The van der Waals surface area contributed by atoms with Gasteiger partial charge in [-0.3, -0.25) is 4.79 Å². The fourth-order valence-corrected chi connectivity index (χ4v) is 3.77. The lowest BCUT2D eigenvalue weighted by molar-refractivity contribution is -0.0523. The fourth-order valence-electron chi connectivity index (χ4n) is 3.77. The van der Waals surface area contributed by atoms with Crippen LogP contribution in [0.3, 0.4) is 0 Å². The first kappa shape index (κ1) is 16.1. The van der Waals surface area contributed by atoms with Crippen molar-refractivity contribution in [2.75, 3.05) is 13.2 Å². The number of hydrogen-bond acceptors (Lipinski definition) is 4. The van der Waals surface area contributed by atoms with Crippen LogP contribution in [0.25, 0.3) is 0 Å². The van der Waals surface area contributed by atoms with Gasteiger partial charge in [0.25, 0.3) is 5.91 Å². The van der Waals surface area contributed by atoms with Crippen molar-refractivity contribution in [3.8, 4) is 11.6 Å². The van der Waals surface area contributed by atoms with Gasteiger partial charge in [0.05, 0.1) is 0 Å². The Bertz CT molecular complexity index is 742. The highest BCUT2D eigenvalue weighted by Gasteiger charge is 2.47. The van der Waals surface area contributed by atoms with Crippen molar-refractivity contribution in [1.82, 2.24) is 10.3 Å². The van der Waals surface area contributed by atoms with E-state index in [2.05, 4.69) is 10.3 Å². The van der Waals surface area contributed by atoms with Crippen LogP contribution in [0, 0.1) is 5.41 Å². The van der Waals surface area contributed by atoms with E-state index in [1.54, 1.807) is 18.3 Å². The van der Waals surface area contributed by atoms with Crippen LogP contribution in [0.1, 0.15) is 36.0 Å². The number of nitrogens with one attached hydrogen (secondary N) is 1. The van der Waals surface area contributed by atoms with Crippen molar-refractivity contribution in [2.45, 2.75) is 31.7 Å². The normalized spacial score (nSPS) is 21.4. The average molecular weight is 338 g/mol. The summed E-state index contributed by atoms with van der Waals surface area (Å²) in [6, 6.07) is 13.0. The first-order valence-electron chi connectivity index (χ1n) is 8.83. The second-order valence-electron chi connectivity index (χ2n) is 6.84. The Balaban J connectivity index is 1.43. The van der Waals surface area contributed by atoms with Gasteiger partial charge in [0.1, 0.15) is 5.75 Å². The van der Waals surface area contributed by atoms with Crippen LogP contribution in [-0.2, 0) is 4.74 Å². The van der Waals surface area contributed by atoms with Gasteiger partial charge in [-0.25, -0.2) is 4.98 Å². The molecule has 0 bridgehead atoms. The van der Waals surface area contributed by atoms with Gasteiger partial charge in [-0.2, -0.15) is 0 Å². The summed E-state index contributed by atoms with van der Waals surface area (Å²) in [5.74, 6) is 1.09. The number of carbonyl (C=O) groups excluding carboxylic acids is 1. The number of hydrogen-bond donors (Lipinski definition) is 1. The van der Waals surface area contributed by atoms with Crippen molar-refractivity contribution in [2.24, 2.45) is 5.41 Å². The summed E-state index contributed by atoms with van der Waals surface area (Å²) in [5.41, 5.74) is 0.859. The Hall–Kier alpha value is -2.40. The molecule has 1 aliphatic heterocycles. The Kier molecular flexibility index (Phi) is 4.40. The summed E-state index contributed by atoms with van der Waals surface area (Å²) in [5, 5.41) is 3.22. The average Bonchev–Trinajstić information content (AvgIpc) is 2.67. The first-order chi connectivity index (χ1) is 12.3. The van der Waals surface area contributed by atoms with E-state index >= 15 is 0 Å². The van der Waals surface area contributed by atoms with Gasteiger partial charge in [-0.15, -0.1) is 0 Å². The van der Waals surface area contributed by atoms with E-state index in [1.165, 1.54) is 6.42 Å². The Morgan fingerprint density at radius 1 is 1.16 bits per heavy atom. The predicted molar refractivity (Wildman–Crippen MR) is 93.7 cm³/mol. The molecule has 1 aliphatic carbocycles. The molecule has 1 spiro atoms. The first-order valence-corrected chi connectivity index (χ1v) is 8.83. The number of carbonyl (C=O) groups is 1. The van der Waals surface area contributed by atoms with E-state index in [-0.39, 0.29) is 17.4 Å². The van der Waals surface area contributed by atoms with Crippen LogP contribution in [-0.4, -0.2) is 30.1 Å². The topological polar surface area (TPSA) is 60.5 Å². The third kappa shape index (κ3) is 3.37. The van der Waals surface area contributed by atoms with E-state index in [9.17, 15) is 4.79 Å². The maximum atomic E-state index is 12.7. The van der Waals surface area contributed by atoms with Gasteiger partial charge < -0.3 is 14.8 Å². The van der Waals surface area contributed by atoms with Crippen LogP contribution in [0.4, 0.5) is 0 Å². The molecule has 1 saturated carbocycles. The largest absolute Gasteiger partial charge is 0.439 e. The number of nitrogens with zero attached hydrogens (tertiary/aromatic N) is 1. The van der Waals surface area contributed by atoms with Gasteiger partial charge >= 0.3 is 0 Å². The molecule has 1 aromatic carbocycles. The van der Waals surface area contributed by atoms with Crippen molar-refractivity contribution in [3.63, 3.8) is 0 Å². The highest BCUT2D eigenvalue weighted by atomic mass is 16.5. The summed E-state index contributed by atoms with van der Waals surface area (Å²) < 4.78 is 11.2. The minimum absolute atomic E-state index is 0.0398. The molecular weight excluding hydrogens is 316 g/mol. The summed E-state index contributed by atoms with van der Waals surface area (Å²) >= 11 is 0. The number of ether oxygens (including phenoxy) is 2. The molecule has 4 rings (SSSR count). The van der Waals surface area contributed by atoms with Gasteiger partial charge in [0, 0.05) is 37.1 Å². The Morgan fingerprint density at radius 2 is 2.04 bits per heavy atom. The van der Waals surface area contributed by atoms with Crippen molar-refractivity contribution in [1.29, 1.82) is 0 Å². The zero-order chi connectivity index (χ0) is 17.1. The van der Waals surface area contributed by atoms with Crippen molar-refractivity contribution < 1.29 is 14.3 Å². The SMILES string of the molecule is O=C(NC1CCC12CCOCC2)c1cccc(Oc2ccccn2)c1. The van der Waals surface area contributed by atoms with Crippen molar-refractivity contribution >= 4 is 5.91 Å². The minimum atomic E-state index is -0.0398. The van der Waals surface area contributed by atoms with Gasteiger partial charge in [0.2, 0.25) is 5.88 Å². The second kappa shape index (κ2) is 6.84. The molecule has 1 amide bonds. The Labute approximate surface area is 147 Å². The third-order valence-electron chi connectivity index (χ3n) is 5.42. The standard InChI is InChI=1S/C20H22N2O3/c23-19(22-17-7-8-20(17)9-12-24-13-10-20)15-4-3-5-16(14-15)25-18-6-1-2-11-21-18/h1-6,11,14,17H,7-10,12-13H2,(H,22,23). The number of pyridine rings is 1. The smallest absolute Gasteiger partial charge is 0.251 e. The summed E-state index contributed by atoms with van der Waals surface area (Å²) in [7, 11) is 0. The summed E-state index contributed by atoms with van der Waals surface area (Å²) in [6.07, 6.45) is 6.00. The molecule has 5 heteroatoms. The monoisotopic (exact) mass is 338 g/mol. The minimum Gasteiger partial charge on any atom is -0.439 e. The maximum Gasteiger partial charge on any atom is 0.251 e. The molecule has 130 valence electrons. The van der Waals surface area contributed by atoms with Gasteiger partial charge in [0.15, 0.2) is 0 Å². The zero-order valence-electron chi connectivity index (χ0n) is 14.1. The van der Waals surface area contributed by atoms with E-state index in [0.717, 1.165) is 32.5 Å². The van der Waals surface area contributed by atoms with E-state index in [4.69, 9.17) is 9.47 Å². The van der Waals surface area contributed by atoms with Crippen molar-refractivity contribution in [3.05, 3.63) is 54.2 Å². The van der Waals surface area contributed by atoms with Crippen LogP contribution in [0.5, 0.6) is 11.6 Å². The zero-order valence-corrected chi connectivity index (χ0v) is 14.1. The molecule has 5 nitrogen and oxygen atoms in total. The third-order valence-corrected chi connectivity index (χ3v) is 5.42. The molecule has 0 radical (unpaired) electrons. The summed E-state index contributed by atoms with van der Waals surface area (Å²) in [4.78, 5) is 16.8. The Morgan fingerprint density at radius 3 is 2.76 bits per heavy atom. The highest BCUT2D eigenvalue weighted by Crippen LogP contribution is 2.48. The number of aromatic nitrogens is 1. The molecule has 2 aliphatic rings. The summed E-state index contributed by atoms with van der Waals surface area (Å²) in [6.45, 7) is 1.61. The number of benzene rings is 1. The van der Waals surface area contributed by atoms with E-state index in [0.29, 0.717) is 17.2 Å². The van der Waals surface area contributed by atoms with E-state index in [1.807, 2.05) is 30.3 Å². The quantitative estimate of drug-likeness (QED) is 0.926. The van der Waals surface area contributed by atoms with Crippen LogP contribution < -0.4 is 10.1 Å². The van der Waals surface area contributed by atoms with Crippen LogP contribution >= 0.6 is 0 Å². The second-order valence-corrected chi connectivity index (χ2v) is 6.84. The lowest BCUT2D eigenvalue weighted by Crippen LogP contribution is -2.57. The molecule has 25 heavy (non-hydrogen) atoms. The van der Waals surface area contributed by atoms with Gasteiger partial charge in [-0.05, 0) is 55.4 Å². The lowest BCUT2D eigenvalue weighted by Gasteiger charge is -2.52. The molecular formula is C20H22N2O3. The molecule has 1 saturated heterocycles. The predicted octanol–water partition coefficient (Wildman–Crippen LogP) is 3.56.